The van der Waals surface area contributed by atoms with Gasteiger partial charge in [0.25, 0.3) is 5.91 Å². The normalized spacial score (nSPS) is 18.0. The second kappa shape index (κ2) is 9.81. The molecule has 7 heteroatoms. The third-order valence-electron chi connectivity index (χ3n) is 6.04. The van der Waals surface area contributed by atoms with Gasteiger partial charge in [-0.3, -0.25) is 9.59 Å². The summed E-state index contributed by atoms with van der Waals surface area (Å²) in [5, 5.41) is 3.00. The van der Waals surface area contributed by atoms with Gasteiger partial charge >= 0.3 is 0 Å². The van der Waals surface area contributed by atoms with Crippen LogP contribution in [0.3, 0.4) is 0 Å². The third-order valence-corrected chi connectivity index (χ3v) is 7.29. The molecule has 0 saturated carbocycles. The summed E-state index contributed by atoms with van der Waals surface area (Å²) < 4.78 is 11.2. The summed E-state index contributed by atoms with van der Waals surface area (Å²) in [6.45, 7) is 3.59. The molecular weight excluding hydrogens is 448 g/mol. The molecule has 0 radical (unpaired) electrons. The average Bonchev–Trinajstić information content (AvgIpc) is 3.24. The van der Waals surface area contributed by atoms with Crippen LogP contribution >= 0.6 is 11.8 Å². The molecule has 34 heavy (non-hydrogen) atoms. The van der Waals surface area contributed by atoms with Crippen molar-refractivity contribution < 1.29 is 19.1 Å². The number of nitrogens with one attached hydrogen (secondary N) is 1. The number of hydrogen-bond acceptors (Lipinski definition) is 5. The second-order valence-electron chi connectivity index (χ2n) is 8.39. The van der Waals surface area contributed by atoms with E-state index in [1.165, 1.54) is 0 Å². The zero-order chi connectivity index (χ0) is 23.5. The van der Waals surface area contributed by atoms with Gasteiger partial charge in [-0.2, -0.15) is 0 Å². The van der Waals surface area contributed by atoms with Crippen LogP contribution in [0.5, 0.6) is 11.5 Å². The molecule has 2 aliphatic heterocycles. The maximum absolute atomic E-state index is 12.9. The van der Waals surface area contributed by atoms with Crippen LogP contribution in [0.15, 0.2) is 72.8 Å². The number of carbonyl (C=O) groups is 2. The number of hydrogen-bond donors (Lipinski definition) is 1. The number of nitrogens with zero attached hydrogens (tertiary/aromatic N) is 1. The van der Waals surface area contributed by atoms with Gasteiger partial charge in [0.2, 0.25) is 5.91 Å². The Labute approximate surface area is 203 Å². The first kappa shape index (κ1) is 22.3. The number of ether oxygens (including phenoxy) is 2. The van der Waals surface area contributed by atoms with Crippen LogP contribution in [0, 0.1) is 0 Å². The van der Waals surface area contributed by atoms with Crippen LogP contribution in [0.4, 0.5) is 0 Å². The Balaban J connectivity index is 1.25. The van der Waals surface area contributed by atoms with Gasteiger partial charge in [-0.1, -0.05) is 48.5 Å². The molecule has 2 atom stereocenters. The summed E-state index contributed by atoms with van der Waals surface area (Å²) in [7, 11) is 0. The van der Waals surface area contributed by atoms with Crippen molar-refractivity contribution in [1.82, 2.24) is 10.2 Å². The van der Waals surface area contributed by atoms with Crippen molar-refractivity contribution in [2.24, 2.45) is 0 Å². The molecule has 1 fully saturated rings. The molecule has 1 N–H and O–H groups in total. The van der Waals surface area contributed by atoms with E-state index in [0.29, 0.717) is 36.8 Å². The van der Waals surface area contributed by atoms with Gasteiger partial charge in [0.05, 0.1) is 11.8 Å². The molecule has 0 spiro atoms. The quantitative estimate of drug-likeness (QED) is 0.560. The predicted molar refractivity (Wildman–Crippen MR) is 132 cm³/mol. The summed E-state index contributed by atoms with van der Waals surface area (Å²) in [6, 6.07) is 23.1. The molecule has 2 heterocycles. The molecule has 2 amide bonds. The first-order valence-electron chi connectivity index (χ1n) is 11.3. The molecule has 0 aliphatic carbocycles. The van der Waals surface area contributed by atoms with Crippen molar-refractivity contribution >= 4 is 23.6 Å². The van der Waals surface area contributed by atoms with E-state index in [2.05, 4.69) is 5.32 Å². The van der Waals surface area contributed by atoms with E-state index >= 15 is 0 Å². The Morgan fingerprint density at radius 1 is 1.03 bits per heavy atom. The van der Waals surface area contributed by atoms with E-state index in [9.17, 15) is 9.59 Å². The zero-order valence-corrected chi connectivity index (χ0v) is 19.7. The number of benzene rings is 3. The first-order valence-corrected chi connectivity index (χ1v) is 12.4. The zero-order valence-electron chi connectivity index (χ0n) is 18.9. The lowest BCUT2D eigenvalue weighted by Crippen LogP contribution is -2.28. The van der Waals surface area contributed by atoms with Crippen LogP contribution in [-0.4, -0.2) is 35.7 Å². The topological polar surface area (TPSA) is 67.9 Å². The molecule has 3 aromatic carbocycles. The summed E-state index contributed by atoms with van der Waals surface area (Å²) in [5.74, 6) is 1.89. The lowest BCUT2D eigenvalue weighted by molar-refractivity contribution is -0.128. The minimum absolute atomic E-state index is 0.0542. The Bertz CT molecular complexity index is 1180. The summed E-state index contributed by atoms with van der Waals surface area (Å²) >= 11 is 1.62. The molecular formula is C27H26N2O4S. The number of carbonyl (C=O) groups excluding carboxylic acids is 2. The Kier molecular flexibility index (Phi) is 6.45. The average molecular weight is 475 g/mol. The van der Waals surface area contributed by atoms with Gasteiger partial charge in [0.15, 0.2) is 11.5 Å². The summed E-state index contributed by atoms with van der Waals surface area (Å²) in [4.78, 5) is 27.3. The van der Waals surface area contributed by atoms with Crippen LogP contribution in [-0.2, 0) is 11.3 Å². The predicted octanol–water partition coefficient (Wildman–Crippen LogP) is 4.72. The smallest absolute Gasteiger partial charge is 0.251 e. The van der Waals surface area contributed by atoms with Crippen LogP contribution in [0.25, 0.3) is 0 Å². The molecule has 2 unspecified atom stereocenters. The number of amides is 2. The van der Waals surface area contributed by atoms with Gasteiger partial charge in [0.1, 0.15) is 18.6 Å². The van der Waals surface area contributed by atoms with Crippen molar-refractivity contribution in [3.05, 3.63) is 95.1 Å². The van der Waals surface area contributed by atoms with Gasteiger partial charge in [-0.15, -0.1) is 11.8 Å². The van der Waals surface area contributed by atoms with E-state index in [1.807, 2.05) is 84.6 Å². The fourth-order valence-electron chi connectivity index (χ4n) is 4.17. The maximum atomic E-state index is 12.9. The van der Waals surface area contributed by atoms with E-state index in [4.69, 9.17) is 9.47 Å². The highest BCUT2D eigenvalue weighted by molar-refractivity contribution is 8.00. The van der Waals surface area contributed by atoms with Gasteiger partial charge in [-0.05, 0) is 47.9 Å². The molecule has 174 valence electrons. The summed E-state index contributed by atoms with van der Waals surface area (Å²) in [6.07, 6.45) is 0. The van der Waals surface area contributed by atoms with Crippen molar-refractivity contribution in [2.75, 3.05) is 19.0 Å². The minimum Gasteiger partial charge on any atom is -0.486 e. The summed E-state index contributed by atoms with van der Waals surface area (Å²) in [5.41, 5.74) is 3.65. The second-order valence-corrected chi connectivity index (χ2v) is 9.46. The van der Waals surface area contributed by atoms with Gasteiger partial charge in [0, 0.05) is 12.1 Å². The van der Waals surface area contributed by atoms with E-state index in [-0.39, 0.29) is 23.2 Å². The fourth-order valence-corrected chi connectivity index (χ4v) is 5.36. The highest BCUT2D eigenvalue weighted by Gasteiger charge is 2.32. The lowest BCUT2D eigenvalue weighted by Gasteiger charge is -2.24. The minimum atomic E-state index is -0.188. The van der Waals surface area contributed by atoms with E-state index < -0.39 is 0 Å². The van der Waals surface area contributed by atoms with Crippen LogP contribution < -0.4 is 14.8 Å². The van der Waals surface area contributed by atoms with Gasteiger partial charge in [-0.25, -0.2) is 0 Å². The monoisotopic (exact) mass is 474 g/mol. The molecule has 0 bridgehead atoms. The SMILES string of the molecule is CC(NC(=O)c1ccc(C2SCC(=O)N2Cc2ccccc2)cc1)c1ccc2c(c1)OCCO2. The highest BCUT2D eigenvalue weighted by Crippen LogP contribution is 2.39. The first-order chi connectivity index (χ1) is 16.6. The number of fused-ring (bicyclic) bond motifs is 1. The van der Waals surface area contributed by atoms with Crippen molar-refractivity contribution in [2.45, 2.75) is 24.9 Å². The van der Waals surface area contributed by atoms with Crippen LogP contribution in [0.2, 0.25) is 0 Å². The molecule has 1 saturated heterocycles. The number of rotatable bonds is 6. The third kappa shape index (κ3) is 4.75. The number of thioether (sulfide) groups is 1. The largest absolute Gasteiger partial charge is 0.486 e. The lowest BCUT2D eigenvalue weighted by atomic mass is 10.1. The van der Waals surface area contributed by atoms with Crippen molar-refractivity contribution in [3.8, 4) is 11.5 Å². The molecule has 3 aromatic rings. The maximum Gasteiger partial charge on any atom is 0.251 e. The van der Waals surface area contributed by atoms with Crippen molar-refractivity contribution in [3.63, 3.8) is 0 Å². The van der Waals surface area contributed by atoms with E-state index in [0.717, 1.165) is 22.4 Å². The highest BCUT2D eigenvalue weighted by atomic mass is 32.2. The van der Waals surface area contributed by atoms with Crippen LogP contribution in [0.1, 0.15) is 45.4 Å². The van der Waals surface area contributed by atoms with E-state index in [1.54, 1.807) is 11.8 Å². The standard InChI is InChI=1S/C27H26N2O4S/c1-18(22-11-12-23-24(15-22)33-14-13-32-23)28-26(31)20-7-9-21(10-8-20)27-29(25(30)17-34-27)16-19-5-3-2-4-6-19/h2-12,15,18,27H,13-14,16-17H2,1H3,(H,28,31). The Morgan fingerprint density at radius 2 is 1.76 bits per heavy atom. The Hall–Kier alpha value is -3.45. The fraction of sp³-hybridized carbons (Fsp3) is 0.259. The van der Waals surface area contributed by atoms with Gasteiger partial charge < -0.3 is 19.7 Å². The molecule has 5 rings (SSSR count). The Morgan fingerprint density at radius 3 is 2.53 bits per heavy atom. The molecule has 6 nitrogen and oxygen atoms in total. The van der Waals surface area contributed by atoms with Crippen molar-refractivity contribution in [1.29, 1.82) is 0 Å². The molecule has 0 aromatic heterocycles. The molecule has 2 aliphatic rings.